The van der Waals surface area contributed by atoms with Gasteiger partial charge < -0.3 is 14.2 Å². The Morgan fingerprint density at radius 2 is 0.556 bits per heavy atom. The molecule has 0 radical (unpaired) electrons. The van der Waals surface area contributed by atoms with Crippen LogP contribution >= 0.6 is 0 Å². The minimum Gasteiger partial charge on any atom is -0.462 e. The van der Waals surface area contributed by atoms with E-state index in [1.54, 1.807) is 0 Å². The quantitative estimate of drug-likeness (QED) is 0.0261. The fourth-order valence-corrected chi connectivity index (χ4v) is 8.29. The predicted octanol–water partition coefficient (Wildman–Crippen LogP) is 20.5. The molecule has 0 amide bonds. The van der Waals surface area contributed by atoms with E-state index in [9.17, 15) is 14.4 Å². The summed E-state index contributed by atoms with van der Waals surface area (Å²) >= 11 is 0. The molecule has 0 heterocycles. The Hall–Kier alpha value is -3.67. The summed E-state index contributed by atoms with van der Waals surface area (Å²) in [4.78, 5) is 38.2. The lowest BCUT2D eigenvalue weighted by atomic mass is 10.0. The van der Waals surface area contributed by atoms with Gasteiger partial charge in [-0.1, -0.05) is 266 Å². The molecule has 6 heteroatoms. The van der Waals surface area contributed by atoms with Gasteiger partial charge in [-0.2, -0.15) is 0 Å². The zero-order chi connectivity index (χ0) is 52.2. The van der Waals surface area contributed by atoms with Gasteiger partial charge in [0.15, 0.2) is 6.10 Å². The van der Waals surface area contributed by atoms with Crippen molar-refractivity contribution in [2.24, 2.45) is 0 Å². The maximum Gasteiger partial charge on any atom is 0.306 e. The van der Waals surface area contributed by atoms with Crippen LogP contribution < -0.4 is 0 Å². The molecule has 0 saturated heterocycles. The highest BCUT2D eigenvalue weighted by molar-refractivity contribution is 5.71. The Morgan fingerprint density at radius 3 is 0.917 bits per heavy atom. The second-order valence-electron chi connectivity index (χ2n) is 19.9. The average molecular weight is 1000 g/mol. The van der Waals surface area contributed by atoms with Crippen LogP contribution in [0.1, 0.15) is 284 Å². The molecule has 0 aromatic heterocycles. The molecule has 0 aromatic rings. The Kier molecular flexibility index (Phi) is 56.8. The van der Waals surface area contributed by atoms with Crippen LogP contribution in [0.5, 0.6) is 0 Å². The summed E-state index contributed by atoms with van der Waals surface area (Å²) in [6, 6.07) is 0. The van der Waals surface area contributed by atoms with Gasteiger partial charge in [0.2, 0.25) is 0 Å². The topological polar surface area (TPSA) is 78.9 Å². The van der Waals surface area contributed by atoms with Gasteiger partial charge in [0.05, 0.1) is 0 Å². The molecule has 0 saturated carbocycles. The maximum atomic E-state index is 12.9. The van der Waals surface area contributed by atoms with Crippen LogP contribution in [0.25, 0.3) is 0 Å². The molecule has 0 aliphatic carbocycles. The number of unbranched alkanes of at least 4 members (excludes halogenated alkanes) is 27. The summed E-state index contributed by atoms with van der Waals surface area (Å²) in [7, 11) is 0. The molecule has 6 nitrogen and oxygen atoms in total. The van der Waals surface area contributed by atoms with Crippen molar-refractivity contribution in [3.63, 3.8) is 0 Å². The van der Waals surface area contributed by atoms with Crippen molar-refractivity contribution in [1.29, 1.82) is 0 Å². The first-order valence-corrected chi connectivity index (χ1v) is 30.2. The average Bonchev–Trinajstić information content (AvgIpc) is 3.38. The Bertz CT molecular complexity index is 1430. The van der Waals surface area contributed by atoms with Crippen LogP contribution in [0.15, 0.2) is 97.2 Å². The first-order chi connectivity index (χ1) is 35.5. The molecule has 1 unspecified atom stereocenters. The fraction of sp³-hybridized carbons (Fsp3) is 0.712. The van der Waals surface area contributed by atoms with Crippen LogP contribution in [0.2, 0.25) is 0 Å². The van der Waals surface area contributed by atoms with E-state index in [0.717, 1.165) is 122 Å². The van der Waals surface area contributed by atoms with Gasteiger partial charge in [-0.25, -0.2) is 0 Å². The summed E-state index contributed by atoms with van der Waals surface area (Å²) < 4.78 is 16.9. The Morgan fingerprint density at radius 1 is 0.292 bits per heavy atom. The van der Waals surface area contributed by atoms with Crippen LogP contribution in [0.4, 0.5) is 0 Å². The molecule has 0 fully saturated rings. The Labute approximate surface area is 445 Å². The lowest BCUT2D eigenvalue weighted by molar-refractivity contribution is -0.167. The summed E-state index contributed by atoms with van der Waals surface area (Å²) in [6.45, 7) is 6.46. The molecular weight excluding hydrogens is 889 g/mol. The number of carbonyl (C=O) groups excluding carboxylic acids is 3. The van der Waals surface area contributed by atoms with E-state index in [-0.39, 0.29) is 31.1 Å². The first kappa shape index (κ1) is 68.3. The zero-order valence-corrected chi connectivity index (χ0v) is 47.2. The number of hydrogen-bond acceptors (Lipinski definition) is 6. The van der Waals surface area contributed by atoms with Gasteiger partial charge >= 0.3 is 17.9 Å². The fourth-order valence-electron chi connectivity index (χ4n) is 8.29. The van der Waals surface area contributed by atoms with Crippen molar-refractivity contribution < 1.29 is 28.6 Å². The van der Waals surface area contributed by atoms with Crippen molar-refractivity contribution in [2.45, 2.75) is 290 Å². The third-order valence-corrected chi connectivity index (χ3v) is 12.8. The molecule has 412 valence electrons. The van der Waals surface area contributed by atoms with E-state index >= 15 is 0 Å². The third-order valence-electron chi connectivity index (χ3n) is 12.8. The first-order valence-electron chi connectivity index (χ1n) is 30.2. The summed E-state index contributed by atoms with van der Waals surface area (Å²) in [5.74, 6) is -0.946. The van der Waals surface area contributed by atoms with E-state index in [2.05, 4.69) is 118 Å². The summed E-state index contributed by atoms with van der Waals surface area (Å²) in [5.41, 5.74) is 0. The minimum absolute atomic E-state index is 0.0974. The molecule has 0 bridgehead atoms. The second kappa shape index (κ2) is 59.9. The molecule has 72 heavy (non-hydrogen) atoms. The number of ether oxygens (including phenoxy) is 3. The largest absolute Gasteiger partial charge is 0.462 e. The molecule has 0 rings (SSSR count). The van der Waals surface area contributed by atoms with Gasteiger partial charge in [0, 0.05) is 19.3 Å². The van der Waals surface area contributed by atoms with Gasteiger partial charge in [0.1, 0.15) is 13.2 Å². The zero-order valence-electron chi connectivity index (χ0n) is 47.2. The number of carbonyl (C=O) groups is 3. The van der Waals surface area contributed by atoms with E-state index in [1.807, 2.05) is 0 Å². The van der Waals surface area contributed by atoms with E-state index in [1.165, 1.54) is 122 Å². The van der Waals surface area contributed by atoms with E-state index < -0.39 is 6.10 Å². The highest BCUT2D eigenvalue weighted by Crippen LogP contribution is 2.16. The second-order valence-corrected chi connectivity index (χ2v) is 19.9. The lowest BCUT2D eigenvalue weighted by Crippen LogP contribution is -2.30. The number of esters is 3. The standard InChI is InChI=1S/C66H112O6/c1-4-7-10-13-16-19-22-25-28-30-32-33-35-36-38-41-44-47-50-53-56-59-65(68)71-62-63(61-70-64(67)58-55-52-49-46-43-40-27-24-21-18-15-12-9-6-3)72-66(69)60-57-54-51-48-45-42-39-37-34-31-29-26-23-20-17-14-11-8-5-2/h7,10,15-16,18-19,24-25,27-28,32-33,36,38,44,47,63H,4-6,8-9,11-14,17,20-23,26,29-31,34-35,37,39-43,45-46,48-62H2,1-3H3/b10-7-,18-15-,19-16-,27-24-,28-25-,33-32-,38-36-,47-44-. The number of allylic oxidation sites excluding steroid dienone is 16. The molecule has 0 aliphatic heterocycles. The van der Waals surface area contributed by atoms with Crippen LogP contribution in [0, 0.1) is 0 Å². The normalized spacial score (nSPS) is 12.8. The summed E-state index contributed by atoms with van der Waals surface area (Å²) in [6.07, 6.45) is 79.7. The maximum absolute atomic E-state index is 12.9. The third kappa shape index (κ3) is 57.2. The summed E-state index contributed by atoms with van der Waals surface area (Å²) in [5, 5.41) is 0. The molecular formula is C66H112O6. The molecule has 0 spiro atoms. The molecule has 1 atom stereocenters. The van der Waals surface area contributed by atoms with E-state index in [0.29, 0.717) is 19.3 Å². The van der Waals surface area contributed by atoms with Gasteiger partial charge in [-0.15, -0.1) is 0 Å². The van der Waals surface area contributed by atoms with Gasteiger partial charge in [0.25, 0.3) is 0 Å². The minimum atomic E-state index is -0.801. The van der Waals surface area contributed by atoms with Gasteiger partial charge in [-0.3, -0.25) is 14.4 Å². The van der Waals surface area contributed by atoms with Crippen LogP contribution in [-0.4, -0.2) is 37.2 Å². The Balaban J connectivity index is 4.45. The van der Waals surface area contributed by atoms with Gasteiger partial charge in [-0.05, 0) is 96.3 Å². The highest BCUT2D eigenvalue weighted by Gasteiger charge is 2.19. The van der Waals surface area contributed by atoms with Crippen LogP contribution in [-0.2, 0) is 28.6 Å². The molecule has 0 aromatic carbocycles. The van der Waals surface area contributed by atoms with Crippen molar-refractivity contribution in [2.75, 3.05) is 13.2 Å². The number of rotatable bonds is 54. The number of hydrogen-bond donors (Lipinski definition) is 0. The van der Waals surface area contributed by atoms with Crippen LogP contribution in [0.3, 0.4) is 0 Å². The van der Waals surface area contributed by atoms with Crippen molar-refractivity contribution in [1.82, 2.24) is 0 Å². The smallest absolute Gasteiger partial charge is 0.306 e. The van der Waals surface area contributed by atoms with Crippen molar-refractivity contribution in [3.05, 3.63) is 97.2 Å². The van der Waals surface area contributed by atoms with Crippen molar-refractivity contribution >= 4 is 17.9 Å². The predicted molar refractivity (Wildman–Crippen MR) is 311 cm³/mol. The highest BCUT2D eigenvalue weighted by atomic mass is 16.6. The van der Waals surface area contributed by atoms with E-state index in [4.69, 9.17) is 14.2 Å². The monoisotopic (exact) mass is 1000 g/mol. The SMILES string of the molecule is CC/C=C\C/C=C\C/C=C\C/C=C\C/C=C\C/C=C\CCCCC(=O)OCC(COC(=O)CCCCCCC/C=C\C/C=C\CCCC)OC(=O)CCCCCCCCCCCCCCCCCCCCC. The lowest BCUT2D eigenvalue weighted by Gasteiger charge is -2.18. The molecule has 0 N–H and O–H groups in total. The van der Waals surface area contributed by atoms with Crippen molar-refractivity contribution in [3.8, 4) is 0 Å². The molecule has 0 aliphatic rings.